The molecule has 0 radical (unpaired) electrons. The molecule has 0 aliphatic heterocycles. The summed E-state index contributed by atoms with van der Waals surface area (Å²) in [7, 11) is 0. The lowest BCUT2D eigenvalue weighted by atomic mass is 9.79. The Hall–Kier alpha value is -8.06. The number of hydrogen-bond acceptors (Lipinski definition) is 0. The van der Waals surface area contributed by atoms with Gasteiger partial charge in [0.2, 0.25) is 0 Å². The SMILES string of the molecule is c1ccc(-c2ccccc2-c2ccc(-c3c4ccccc4c4c5c3cccc5c3cccc5c(-c6ccccc6-c6ccccc6)c6ccccc6c4c53)c3ccccc23)cc1. The average Bonchev–Trinajstić information content (AvgIpc) is 3.35. The van der Waals surface area contributed by atoms with Gasteiger partial charge in [0.1, 0.15) is 0 Å². The van der Waals surface area contributed by atoms with Gasteiger partial charge in [0.05, 0.1) is 0 Å². The molecule has 0 aromatic heterocycles. The lowest BCUT2D eigenvalue weighted by Gasteiger charge is -2.24. The van der Waals surface area contributed by atoms with Crippen molar-refractivity contribution in [3.8, 4) is 55.6 Å². The van der Waals surface area contributed by atoms with Crippen LogP contribution >= 0.6 is 0 Å². The Kier molecular flexibility index (Phi) is 7.71. The molecular formula is C62H38. The molecule has 0 nitrogen and oxygen atoms in total. The van der Waals surface area contributed by atoms with Crippen LogP contribution in [0, 0.1) is 0 Å². The molecule has 0 saturated carbocycles. The Morgan fingerprint density at radius 1 is 0.145 bits per heavy atom. The summed E-state index contributed by atoms with van der Waals surface area (Å²) in [5.74, 6) is 0. The number of rotatable bonds is 5. The van der Waals surface area contributed by atoms with Crippen molar-refractivity contribution in [3.05, 3.63) is 231 Å². The van der Waals surface area contributed by atoms with Crippen LogP contribution in [0.25, 0.3) is 131 Å². The van der Waals surface area contributed by atoms with Crippen LogP contribution in [0.5, 0.6) is 0 Å². The van der Waals surface area contributed by atoms with E-state index >= 15 is 0 Å². The lowest BCUT2D eigenvalue weighted by molar-refractivity contribution is 1.60. The predicted molar refractivity (Wildman–Crippen MR) is 267 cm³/mol. The van der Waals surface area contributed by atoms with Gasteiger partial charge in [0, 0.05) is 0 Å². The molecule has 0 heteroatoms. The molecule has 13 rings (SSSR count). The van der Waals surface area contributed by atoms with E-state index in [-0.39, 0.29) is 0 Å². The second-order valence-corrected chi connectivity index (χ2v) is 16.6. The summed E-state index contributed by atoms with van der Waals surface area (Å²) in [5.41, 5.74) is 12.5. The summed E-state index contributed by atoms with van der Waals surface area (Å²) in [6, 6.07) is 85.4. The topological polar surface area (TPSA) is 0 Å². The lowest BCUT2D eigenvalue weighted by Crippen LogP contribution is -1.96. The molecule has 286 valence electrons. The third-order valence-electron chi connectivity index (χ3n) is 13.4. The van der Waals surface area contributed by atoms with Gasteiger partial charge in [-0.3, -0.25) is 0 Å². The van der Waals surface area contributed by atoms with Crippen LogP contribution in [0.15, 0.2) is 231 Å². The van der Waals surface area contributed by atoms with Gasteiger partial charge >= 0.3 is 0 Å². The third kappa shape index (κ3) is 5.01. The van der Waals surface area contributed by atoms with Crippen LogP contribution in [0.3, 0.4) is 0 Å². The molecule has 13 aromatic rings. The fourth-order valence-electron chi connectivity index (χ4n) is 10.9. The molecule has 62 heavy (non-hydrogen) atoms. The molecule has 0 N–H and O–H groups in total. The number of benzene rings is 13. The molecule has 13 aromatic carbocycles. The molecule has 0 atom stereocenters. The summed E-state index contributed by atoms with van der Waals surface area (Å²) in [6.07, 6.45) is 0. The highest BCUT2D eigenvalue weighted by molar-refractivity contribution is 6.46. The summed E-state index contributed by atoms with van der Waals surface area (Å²) >= 11 is 0. The first kappa shape index (κ1) is 34.8. The van der Waals surface area contributed by atoms with Crippen LogP contribution < -0.4 is 0 Å². The summed E-state index contributed by atoms with van der Waals surface area (Å²) in [6.45, 7) is 0. The quantitative estimate of drug-likeness (QED) is 0.120. The van der Waals surface area contributed by atoms with Gasteiger partial charge in [-0.1, -0.05) is 231 Å². The first-order valence-electron chi connectivity index (χ1n) is 21.6. The molecule has 0 fully saturated rings. The van der Waals surface area contributed by atoms with Crippen LogP contribution in [0.2, 0.25) is 0 Å². The molecule has 0 aliphatic rings. The van der Waals surface area contributed by atoms with E-state index in [1.807, 2.05) is 0 Å². The zero-order valence-corrected chi connectivity index (χ0v) is 33.9. The molecule has 0 amide bonds. The highest BCUT2D eigenvalue weighted by Crippen LogP contribution is 2.53. The zero-order chi connectivity index (χ0) is 40.7. The predicted octanol–water partition coefficient (Wildman–Crippen LogP) is 17.5. The Balaban J connectivity index is 1.16. The van der Waals surface area contributed by atoms with Gasteiger partial charge in [-0.2, -0.15) is 0 Å². The van der Waals surface area contributed by atoms with E-state index < -0.39 is 0 Å². The molecule has 0 saturated heterocycles. The molecule has 0 heterocycles. The third-order valence-corrected chi connectivity index (χ3v) is 13.4. The maximum absolute atomic E-state index is 2.39. The van der Waals surface area contributed by atoms with E-state index in [9.17, 15) is 0 Å². The first-order chi connectivity index (χ1) is 30.8. The Morgan fingerprint density at radius 2 is 0.468 bits per heavy atom. The monoisotopic (exact) mass is 782 g/mol. The van der Waals surface area contributed by atoms with Crippen molar-refractivity contribution in [2.75, 3.05) is 0 Å². The zero-order valence-electron chi connectivity index (χ0n) is 33.9. The van der Waals surface area contributed by atoms with Gasteiger partial charge in [-0.05, 0) is 131 Å². The number of fused-ring (bicyclic) bond motifs is 7. The molecule has 0 bridgehead atoms. The van der Waals surface area contributed by atoms with E-state index in [0.29, 0.717) is 0 Å². The highest BCUT2D eigenvalue weighted by atomic mass is 14.3. The highest BCUT2D eigenvalue weighted by Gasteiger charge is 2.25. The second-order valence-electron chi connectivity index (χ2n) is 16.6. The fraction of sp³-hybridized carbons (Fsp3) is 0. The standard InChI is InChI=1S/C62H38/c1-3-19-39(20-4-1)41-23-7-9-25-43(41)46-37-38-54(45-27-11-10-26-44(45)46)58-49-30-14-16-32-53(49)62-60-51(34-18-36-56(58)60)50-33-17-35-55-57(48-29-13-15-31-52(48)61(62)59(50)55)47-28-12-8-24-42(47)40-21-5-2-6-22-40/h1-38H. The smallest absolute Gasteiger partial charge is 0.000740 e. The van der Waals surface area contributed by atoms with Gasteiger partial charge < -0.3 is 0 Å². The first-order valence-corrected chi connectivity index (χ1v) is 21.6. The summed E-state index contributed by atoms with van der Waals surface area (Å²) < 4.78 is 0. The van der Waals surface area contributed by atoms with Crippen molar-refractivity contribution < 1.29 is 0 Å². The van der Waals surface area contributed by atoms with Crippen molar-refractivity contribution in [2.45, 2.75) is 0 Å². The Labute approximate surface area is 359 Å². The molecule has 0 unspecified atom stereocenters. The molecule has 0 spiro atoms. The Morgan fingerprint density at radius 3 is 1.00 bits per heavy atom. The van der Waals surface area contributed by atoms with Gasteiger partial charge in [0.25, 0.3) is 0 Å². The van der Waals surface area contributed by atoms with E-state index in [4.69, 9.17) is 0 Å². The second kappa shape index (κ2) is 13.7. The van der Waals surface area contributed by atoms with Crippen molar-refractivity contribution in [1.29, 1.82) is 0 Å². The van der Waals surface area contributed by atoms with Gasteiger partial charge in [-0.15, -0.1) is 0 Å². The minimum absolute atomic E-state index is 1.22. The maximum atomic E-state index is 2.39. The van der Waals surface area contributed by atoms with Crippen LogP contribution in [-0.2, 0) is 0 Å². The molecule has 0 aliphatic carbocycles. The van der Waals surface area contributed by atoms with Crippen LogP contribution in [-0.4, -0.2) is 0 Å². The van der Waals surface area contributed by atoms with Crippen molar-refractivity contribution in [3.63, 3.8) is 0 Å². The normalized spacial score (nSPS) is 11.9. The Bertz CT molecular complexity index is 3890. The van der Waals surface area contributed by atoms with Crippen molar-refractivity contribution in [1.82, 2.24) is 0 Å². The van der Waals surface area contributed by atoms with E-state index in [1.165, 1.54) is 131 Å². The van der Waals surface area contributed by atoms with Gasteiger partial charge in [-0.25, -0.2) is 0 Å². The van der Waals surface area contributed by atoms with Crippen LogP contribution in [0.4, 0.5) is 0 Å². The van der Waals surface area contributed by atoms with Crippen molar-refractivity contribution >= 4 is 75.4 Å². The van der Waals surface area contributed by atoms with E-state index in [1.54, 1.807) is 0 Å². The van der Waals surface area contributed by atoms with E-state index in [2.05, 4.69) is 231 Å². The maximum Gasteiger partial charge on any atom is -0.000740 e. The minimum atomic E-state index is 1.22. The van der Waals surface area contributed by atoms with Crippen LogP contribution in [0.1, 0.15) is 0 Å². The minimum Gasteiger partial charge on any atom is -0.0622 e. The number of hydrogen-bond donors (Lipinski definition) is 0. The molecular weight excluding hydrogens is 745 g/mol. The summed E-state index contributed by atoms with van der Waals surface area (Å²) in [5, 5.41) is 18.1. The average molecular weight is 783 g/mol. The largest absolute Gasteiger partial charge is 0.0622 e. The van der Waals surface area contributed by atoms with Crippen molar-refractivity contribution in [2.24, 2.45) is 0 Å². The van der Waals surface area contributed by atoms with E-state index in [0.717, 1.165) is 0 Å². The summed E-state index contributed by atoms with van der Waals surface area (Å²) in [4.78, 5) is 0. The fourth-order valence-corrected chi connectivity index (χ4v) is 10.9. The van der Waals surface area contributed by atoms with Gasteiger partial charge in [0.15, 0.2) is 0 Å².